The lowest BCUT2D eigenvalue weighted by Crippen LogP contribution is -2.28. The van der Waals surface area contributed by atoms with Crippen molar-refractivity contribution >= 4 is 20.7 Å². The quantitative estimate of drug-likeness (QED) is 0.724. The topological polar surface area (TPSA) is 90.4 Å². The Morgan fingerprint density at radius 2 is 2.07 bits per heavy atom. The molecular formula is C20H22N2O5S. The average molecular weight is 402 g/mol. The van der Waals surface area contributed by atoms with Crippen molar-refractivity contribution in [3.8, 4) is 16.9 Å². The Balaban J connectivity index is 1.88. The van der Waals surface area contributed by atoms with Crippen LogP contribution in [0.3, 0.4) is 0 Å². The number of pyridine rings is 1. The van der Waals surface area contributed by atoms with Crippen molar-refractivity contribution in [1.29, 1.82) is 0 Å². The van der Waals surface area contributed by atoms with Crippen LogP contribution in [0.25, 0.3) is 22.0 Å². The maximum absolute atomic E-state index is 12.4. The lowest BCUT2D eigenvalue weighted by atomic mass is 10.0. The van der Waals surface area contributed by atoms with Gasteiger partial charge in [-0.1, -0.05) is 0 Å². The zero-order chi connectivity index (χ0) is 19.9. The predicted molar refractivity (Wildman–Crippen MR) is 107 cm³/mol. The number of H-pyrrole nitrogens is 1. The zero-order valence-electron chi connectivity index (χ0n) is 15.8. The van der Waals surface area contributed by atoms with E-state index in [0.717, 1.165) is 30.4 Å². The average Bonchev–Trinajstić information content (AvgIpc) is 3.09. The molecule has 28 heavy (non-hydrogen) atoms. The smallest absolute Gasteiger partial charge is 0.274 e. The lowest BCUT2D eigenvalue weighted by Gasteiger charge is -2.24. The van der Waals surface area contributed by atoms with Gasteiger partial charge in [0.05, 0.1) is 11.5 Å². The second kappa shape index (κ2) is 7.10. The first-order valence-electron chi connectivity index (χ1n) is 9.10. The minimum Gasteiger partial charge on any atom is -0.487 e. The van der Waals surface area contributed by atoms with E-state index in [1.165, 1.54) is 10.8 Å². The molecule has 2 aromatic heterocycles. The van der Waals surface area contributed by atoms with Crippen LogP contribution >= 0.6 is 0 Å². The first-order valence-corrected chi connectivity index (χ1v) is 11.0. The summed E-state index contributed by atoms with van der Waals surface area (Å²) in [6, 6.07) is 6.67. The zero-order valence-corrected chi connectivity index (χ0v) is 16.6. The van der Waals surface area contributed by atoms with Crippen LogP contribution in [0.5, 0.6) is 5.75 Å². The molecule has 0 aliphatic carbocycles. The van der Waals surface area contributed by atoms with Crippen LogP contribution in [0.1, 0.15) is 12.8 Å². The summed E-state index contributed by atoms with van der Waals surface area (Å²) in [7, 11) is -1.71. The molecule has 1 aliphatic heterocycles. The van der Waals surface area contributed by atoms with E-state index < -0.39 is 9.84 Å². The summed E-state index contributed by atoms with van der Waals surface area (Å²) in [5.41, 5.74) is 1.68. The monoisotopic (exact) mass is 402 g/mol. The van der Waals surface area contributed by atoms with Crippen molar-refractivity contribution in [2.45, 2.75) is 23.8 Å². The molecule has 3 heterocycles. The summed E-state index contributed by atoms with van der Waals surface area (Å²) in [5, 5.41) is 0.721. The van der Waals surface area contributed by atoms with Crippen molar-refractivity contribution in [3.05, 3.63) is 47.0 Å². The Labute approximate surface area is 162 Å². The highest BCUT2D eigenvalue weighted by molar-refractivity contribution is 7.90. The molecule has 1 aliphatic rings. The summed E-state index contributed by atoms with van der Waals surface area (Å²) in [5.74, 6) is 0.574. The van der Waals surface area contributed by atoms with Gasteiger partial charge in [0.2, 0.25) is 0 Å². The minimum atomic E-state index is -3.39. The molecule has 4 rings (SSSR count). The van der Waals surface area contributed by atoms with Gasteiger partial charge < -0.3 is 19.0 Å². The number of fused-ring (bicyclic) bond motifs is 1. The van der Waals surface area contributed by atoms with E-state index in [1.54, 1.807) is 37.6 Å². The van der Waals surface area contributed by atoms with E-state index in [4.69, 9.17) is 9.47 Å². The van der Waals surface area contributed by atoms with E-state index in [-0.39, 0.29) is 16.6 Å². The summed E-state index contributed by atoms with van der Waals surface area (Å²) >= 11 is 0. The van der Waals surface area contributed by atoms with E-state index in [1.807, 2.05) is 6.07 Å². The Morgan fingerprint density at radius 1 is 1.25 bits per heavy atom. The molecule has 7 nitrogen and oxygen atoms in total. The SMILES string of the molecule is Cn1ccc2c(-c3cc(S(C)(=O)=O)ccc3OC3CCCOC3)c[nH]c2c1=O. The number of ether oxygens (including phenoxy) is 2. The third kappa shape index (κ3) is 3.45. The predicted octanol–water partition coefficient (Wildman–Crippen LogP) is 2.49. The number of nitrogens with one attached hydrogen (secondary N) is 1. The third-order valence-electron chi connectivity index (χ3n) is 5.00. The molecule has 1 N–H and O–H groups in total. The van der Waals surface area contributed by atoms with Gasteiger partial charge in [-0.15, -0.1) is 0 Å². The van der Waals surface area contributed by atoms with Gasteiger partial charge in [0, 0.05) is 48.8 Å². The number of hydrogen-bond acceptors (Lipinski definition) is 5. The molecule has 0 spiro atoms. The molecule has 0 radical (unpaired) electrons. The van der Waals surface area contributed by atoms with E-state index >= 15 is 0 Å². The van der Waals surface area contributed by atoms with Crippen molar-refractivity contribution in [1.82, 2.24) is 9.55 Å². The summed E-state index contributed by atoms with van der Waals surface area (Å²) in [4.78, 5) is 15.6. The summed E-state index contributed by atoms with van der Waals surface area (Å²) in [6.45, 7) is 1.23. The number of sulfone groups is 1. The molecule has 148 valence electrons. The van der Waals surface area contributed by atoms with Gasteiger partial charge in [0.1, 0.15) is 17.4 Å². The molecule has 1 aromatic carbocycles. The second-order valence-electron chi connectivity index (χ2n) is 7.11. The highest BCUT2D eigenvalue weighted by Crippen LogP contribution is 2.37. The van der Waals surface area contributed by atoms with Crippen LogP contribution in [0.15, 0.2) is 46.3 Å². The molecule has 0 amide bonds. The van der Waals surface area contributed by atoms with Gasteiger partial charge in [-0.3, -0.25) is 4.79 Å². The molecule has 3 aromatic rings. The van der Waals surface area contributed by atoms with Gasteiger partial charge in [-0.2, -0.15) is 0 Å². The number of hydrogen-bond donors (Lipinski definition) is 1. The fraction of sp³-hybridized carbons (Fsp3) is 0.350. The highest BCUT2D eigenvalue weighted by Gasteiger charge is 2.21. The van der Waals surface area contributed by atoms with Crippen molar-refractivity contribution < 1.29 is 17.9 Å². The Kier molecular flexibility index (Phi) is 4.76. The van der Waals surface area contributed by atoms with Gasteiger partial charge in [-0.05, 0) is 37.1 Å². The van der Waals surface area contributed by atoms with Crippen LogP contribution in [-0.2, 0) is 21.6 Å². The van der Waals surface area contributed by atoms with Crippen LogP contribution in [-0.4, -0.2) is 43.5 Å². The number of nitrogens with zero attached hydrogens (tertiary/aromatic N) is 1. The molecule has 1 atom stereocenters. The van der Waals surface area contributed by atoms with Crippen LogP contribution in [0.4, 0.5) is 0 Å². The van der Waals surface area contributed by atoms with Gasteiger partial charge in [0.25, 0.3) is 5.56 Å². The largest absolute Gasteiger partial charge is 0.487 e. The third-order valence-corrected chi connectivity index (χ3v) is 6.11. The standard InChI is InChI=1S/C20H22N2O5S/c1-22-8-7-15-17(11-21-19(15)20(22)23)16-10-14(28(2,24)25)5-6-18(16)27-13-4-3-9-26-12-13/h5-8,10-11,13,21H,3-4,9,12H2,1-2H3. The molecule has 1 unspecified atom stereocenters. The highest BCUT2D eigenvalue weighted by atomic mass is 32.2. The molecule has 8 heteroatoms. The lowest BCUT2D eigenvalue weighted by molar-refractivity contribution is 0.00766. The summed E-state index contributed by atoms with van der Waals surface area (Å²) in [6.07, 6.45) is 6.30. The van der Waals surface area contributed by atoms with Gasteiger partial charge in [-0.25, -0.2) is 8.42 Å². The minimum absolute atomic E-state index is 0.0883. The van der Waals surface area contributed by atoms with Crippen molar-refractivity contribution in [3.63, 3.8) is 0 Å². The normalized spacial score (nSPS) is 17.7. The van der Waals surface area contributed by atoms with E-state index in [2.05, 4.69) is 4.98 Å². The molecule has 1 saturated heterocycles. The molecular weight excluding hydrogens is 380 g/mol. The van der Waals surface area contributed by atoms with Gasteiger partial charge in [0.15, 0.2) is 9.84 Å². The fourth-order valence-electron chi connectivity index (χ4n) is 3.47. The fourth-order valence-corrected chi connectivity index (χ4v) is 4.12. The Morgan fingerprint density at radius 3 is 2.79 bits per heavy atom. The summed E-state index contributed by atoms with van der Waals surface area (Å²) < 4.78 is 37.3. The number of aromatic nitrogens is 2. The number of benzene rings is 1. The van der Waals surface area contributed by atoms with Crippen LogP contribution < -0.4 is 10.3 Å². The first-order chi connectivity index (χ1) is 13.3. The maximum Gasteiger partial charge on any atom is 0.274 e. The Hall–Kier alpha value is -2.58. The molecule has 0 bridgehead atoms. The molecule has 1 fully saturated rings. The number of aromatic amines is 1. The van der Waals surface area contributed by atoms with Crippen LogP contribution in [0, 0.1) is 0 Å². The van der Waals surface area contributed by atoms with Gasteiger partial charge >= 0.3 is 0 Å². The van der Waals surface area contributed by atoms with Crippen LogP contribution in [0.2, 0.25) is 0 Å². The second-order valence-corrected chi connectivity index (χ2v) is 9.13. The number of rotatable bonds is 4. The maximum atomic E-state index is 12.4. The van der Waals surface area contributed by atoms with Crippen molar-refractivity contribution in [2.75, 3.05) is 19.5 Å². The van der Waals surface area contributed by atoms with Crippen molar-refractivity contribution in [2.24, 2.45) is 7.05 Å². The van der Waals surface area contributed by atoms with E-state index in [0.29, 0.717) is 23.4 Å². The number of aryl methyl sites for hydroxylation is 1. The Bertz CT molecular complexity index is 1190. The van der Waals surface area contributed by atoms with E-state index in [9.17, 15) is 13.2 Å². The molecule has 0 saturated carbocycles. The first kappa shape index (κ1) is 18.8.